The fourth-order valence-electron chi connectivity index (χ4n) is 2.40. The molecule has 0 aromatic carbocycles. The van der Waals surface area contributed by atoms with Crippen molar-refractivity contribution >= 4 is 39.9 Å². The first-order valence-corrected chi connectivity index (χ1v) is 9.24. The molecule has 1 aromatic heterocycles. The molecule has 0 amide bonds. The van der Waals surface area contributed by atoms with Crippen molar-refractivity contribution in [1.29, 1.82) is 0 Å². The van der Waals surface area contributed by atoms with Gasteiger partial charge in [0.15, 0.2) is 5.78 Å². The van der Waals surface area contributed by atoms with Crippen molar-refractivity contribution in [3.05, 3.63) is 21.9 Å². The topological polar surface area (TPSA) is 123 Å². The van der Waals surface area contributed by atoms with E-state index in [0.717, 1.165) is 14.2 Å². The lowest BCUT2D eigenvalue weighted by atomic mass is 10.1. The van der Waals surface area contributed by atoms with Crippen LogP contribution in [0.1, 0.15) is 48.8 Å². The van der Waals surface area contributed by atoms with Gasteiger partial charge in [0.2, 0.25) is 0 Å². The summed E-state index contributed by atoms with van der Waals surface area (Å²) in [6.45, 7) is 1.97. The number of methoxy groups -OCH3 is 2. The van der Waals surface area contributed by atoms with E-state index in [1.54, 1.807) is 6.92 Å². The lowest BCUT2D eigenvalue weighted by Crippen LogP contribution is -2.34. The van der Waals surface area contributed by atoms with Gasteiger partial charge >= 0.3 is 23.8 Å². The minimum atomic E-state index is -1.10. The number of carbonyl (C=O) groups excluding carboxylic acids is 4. The zero-order valence-corrected chi connectivity index (χ0v) is 16.9. The Kier molecular flexibility index (Phi) is 8.92. The first-order chi connectivity index (χ1) is 12.8. The number of aromatic nitrogens is 2. The van der Waals surface area contributed by atoms with Gasteiger partial charge in [0.05, 0.1) is 26.5 Å². The monoisotopic (exact) mass is 448 g/mol. The number of ether oxygens (including phenoxy) is 3. The van der Waals surface area contributed by atoms with Gasteiger partial charge in [0.25, 0.3) is 0 Å². The highest BCUT2D eigenvalue weighted by Gasteiger charge is 2.31. The predicted molar refractivity (Wildman–Crippen MR) is 96.4 cm³/mol. The maximum atomic E-state index is 12.6. The average Bonchev–Trinajstić information content (AvgIpc) is 2.96. The summed E-state index contributed by atoms with van der Waals surface area (Å²) in [5.41, 5.74) is -1.34. The molecule has 27 heavy (non-hydrogen) atoms. The predicted octanol–water partition coefficient (Wildman–Crippen LogP) is 2.08. The van der Waals surface area contributed by atoms with Gasteiger partial charge in [-0.2, -0.15) is 9.13 Å². The molecule has 0 bridgehead atoms. The number of carbonyl (C=O) groups is 4. The molecule has 0 saturated carbocycles. The standard InChI is InChI=1S/C16H21BrN2O8/c1-4-27-12(21)8-6-5-7-11(20)13-10(9-17)18(15(23)25-2)14(22)19(13)16(24)26-3/h4-9H2,1-3H3. The van der Waals surface area contributed by atoms with E-state index in [0.29, 0.717) is 22.0 Å². The van der Waals surface area contributed by atoms with Crippen LogP contribution in [-0.4, -0.2) is 53.9 Å². The summed E-state index contributed by atoms with van der Waals surface area (Å²) in [6.07, 6.45) is -1.29. The second-order valence-electron chi connectivity index (χ2n) is 5.26. The molecule has 0 aliphatic carbocycles. The average molecular weight is 449 g/mol. The zero-order valence-electron chi connectivity index (χ0n) is 15.3. The molecule has 1 heterocycles. The number of hydrogen-bond donors (Lipinski definition) is 0. The second-order valence-corrected chi connectivity index (χ2v) is 5.82. The number of esters is 1. The molecule has 0 saturated heterocycles. The Morgan fingerprint density at radius 1 is 0.963 bits per heavy atom. The fraction of sp³-hybridized carbons (Fsp3) is 0.562. The Morgan fingerprint density at radius 2 is 1.52 bits per heavy atom. The summed E-state index contributed by atoms with van der Waals surface area (Å²) in [5.74, 6) is -0.909. The second kappa shape index (κ2) is 10.7. The highest BCUT2D eigenvalue weighted by molar-refractivity contribution is 9.08. The van der Waals surface area contributed by atoms with Crippen LogP contribution in [0.25, 0.3) is 0 Å². The fourth-order valence-corrected chi connectivity index (χ4v) is 2.92. The quantitative estimate of drug-likeness (QED) is 0.194. The Morgan fingerprint density at radius 3 is 2.04 bits per heavy atom. The van der Waals surface area contributed by atoms with E-state index in [4.69, 9.17) is 4.74 Å². The molecule has 0 radical (unpaired) electrons. The van der Waals surface area contributed by atoms with Crippen LogP contribution in [0.4, 0.5) is 9.59 Å². The van der Waals surface area contributed by atoms with Gasteiger partial charge in [-0.25, -0.2) is 14.4 Å². The van der Waals surface area contributed by atoms with Crippen molar-refractivity contribution in [2.75, 3.05) is 20.8 Å². The third kappa shape index (κ3) is 5.28. The molecule has 1 aromatic rings. The van der Waals surface area contributed by atoms with E-state index >= 15 is 0 Å². The number of alkyl halides is 1. The summed E-state index contributed by atoms with van der Waals surface area (Å²) in [4.78, 5) is 60.3. The number of hydrogen-bond acceptors (Lipinski definition) is 8. The van der Waals surface area contributed by atoms with Crippen molar-refractivity contribution in [3.8, 4) is 0 Å². The molecule has 0 unspecified atom stereocenters. The molecule has 11 heteroatoms. The van der Waals surface area contributed by atoms with Gasteiger partial charge in [0, 0.05) is 18.2 Å². The number of unbranched alkanes of at least 4 members (excludes halogenated alkanes) is 1. The summed E-state index contributed by atoms with van der Waals surface area (Å²) in [7, 11) is 2.12. The molecule has 0 aliphatic rings. The van der Waals surface area contributed by atoms with E-state index in [1.807, 2.05) is 0 Å². The van der Waals surface area contributed by atoms with Crippen molar-refractivity contribution < 1.29 is 33.4 Å². The largest absolute Gasteiger partial charge is 0.466 e. The van der Waals surface area contributed by atoms with E-state index in [1.165, 1.54) is 0 Å². The Hall–Kier alpha value is -2.43. The number of halogens is 1. The molecule has 10 nitrogen and oxygen atoms in total. The van der Waals surface area contributed by atoms with E-state index < -0.39 is 23.7 Å². The van der Waals surface area contributed by atoms with Gasteiger partial charge < -0.3 is 14.2 Å². The first kappa shape index (κ1) is 22.6. The summed E-state index contributed by atoms with van der Waals surface area (Å²) in [5, 5.41) is -0.0504. The molecule has 0 N–H and O–H groups in total. The number of imidazole rings is 1. The smallest absolute Gasteiger partial charge is 0.422 e. The van der Waals surface area contributed by atoms with Crippen LogP contribution >= 0.6 is 15.9 Å². The van der Waals surface area contributed by atoms with E-state index in [2.05, 4.69) is 25.4 Å². The minimum absolute atomic E-state index is 0.0207. The minimum Gasteiger partial charge on any atom is -0.466 e. The molecule has 0 atom stereocenters. The van der Waals surface area contributed by atoms with Gasteiger partial charge in [-0.15, -0.1) is 0 Å². The SMILES string of the molecule is CCOC(=O)CCCCC(=O)c1c(CBr)n(C(=O)OC)c(=O)n1C(=O)OC. The van der Waals surface area contributed by atoms with Crippen molar-refractivity contribution in [3.63, 3.8) is 0 Å². The van der Waals surface area contributed by atoms with Crippen LogP contribution in [0, 0.1) is 0 Å². The van der Waals surface area contributed by atoms with Crippen LogP contribution in [0.3, 0.4) is 0 Å². The Labute approximate surface area is 163 Å². The molecule has 0 fully saturated rings. The van der Waals surface area contributed by atoms with Crippen molar-refractivity contribution in [2.45, 2.75) is 37.9 Å². The molecule has 0 aliphatic heterocycles. The van der Waals surface area contributed by atoms with Crippen molar-refractivity contribution in [2.24, 2.45) is 0 Å². The van der Waals surface area contributed by atoms with Crippen LogP contribution in [0.15, 0.2) is 4.79 Å². The van der Waals surface area contributed by atoms with Gasteiger partial charge in [-0.1, -0.05) is 15.9 Å². The van der Waals surface area contributed by atoms with Crippen LogP contribution in [0.5, 0.6) is 0 Å². The highest BCUT2D eigenvalue weighted by Crippen LogP contribution is 2.17. The summed E-state index contributed by atoms with van der Waals surface area (Å²) in [6, 6.07) is 0. The third-order valence-electron chi connectivity index (χ3n) is 3.59. The number of ketones is 1. The number of nitrogens with zero attached hydrogens (tertiary/aromatic N) is 2. The maximum Gasteiger partial charge on any atom is 0.422 e. The van der Waals surface area contributed by atoms with Gasteiger partial charge in [0.1, 0.15) is 5.69 Å². The molecular weight excluding hydrogens is 428 g/mol. The lowest BCUT2D eigenvalue weighted by molar-refractivity contribution is -0.143. The molecule has 150 valence electrons. The lowest BCUT2D eigenvalue weighted by Gasteiger charge is -2.06. The maximum absolute atomic E-state index is 12.6. The highest BCUT2D eigenvalue weighted by atomic mass is 79.9. The zero-order chi connectivity index (χ0) is 20.6. The molecule has 0 spiro atoms. The van der Waals surface area contributed by atoms with Crippen molar-refractivity contribution in [1.82, 2.24) is 9.13 Å². The van der Waals surface area contributed by atoms with E-state index in [-0.39, 0.29) is 42.1 Å². The Balaban J connectivity index is 3.15. The number of rotatable bonds is 8. The molecule has 1 rings (SSSR count). The van der Waals surface area contributed by atoms with Crippen LogP contribution < -0.4 is 5.69 Å². The third-order valence-corrected chi connectivity index (χ3v) is 4.13. The van der Waals surface area contributed by atoms with Gasteiger partial charge in [-0.05, 0) is 19.8 Å². The summed E-state index contributed by atoms with van der Waals surface area (Å²) < 4.78 is 15.0. The van der Waals surface area contributed by atoms with E-state index in [9.17, 15) is 24.0 Å². The molecular formula is C16H21BrN2O8. The number of Topliss-reactive ketones (excluding diaryl/α,β-unsaturated/α-hetero) is 1. The normalized spacial score (nSPS) is 10.4. The summed E-state index contributed by atoms with van der Waals surface area (Å²) >= 11 is 3.12. The first-order valence-electron chi connectivity index (χ1n) is 8.11. The van der Waals surface area contributed by atoms with Gasteiger partial charge in [-0.3, -0.25) is 9.59 Å². The van der Waals surface area contributed by atoms with Crippen LogP contribution in [-0.2, 0) is 24.3 Å². The Bertz CT molecular complexity index is 780. The van der Waals surface area contributed by atoms with Crippen LogP contribution in [0.2, 0.25) is 0 Å².